The van der Waals surface area contributed by atoms with Crippen molar-refractivity contribution in [2.75, 3.05) is 6.61 Å². The first-order valence-electron chi connectivity index (χ1n) is 13.0. The third kappa shape index (κ3) is 10.5. The van der Waals surface area contributed by atoms with Gasteiger partial charge in [0.2, 0.25) is 0 Å². The van der Waals surface area contributed by atoms with Crippen LogP contribution in [0.5, 0.6) is 0 Å². The minimum absolute atomic E-state index is 0.0245. The van der Waals surface area contributed by atoms with Crippen molar-refractivity contribution in [2.24, 2.45) is 5.92 Å². The second-order valence-electron chi connectivity index (χ2n) is 10.2. The number of carbonyl (C=O) groups excluding carboxylic acids is 1. The number of carbonyl (C=O) groups is 1. The SMILES string of the molecule is C=C1C[C@H](C)C[C@@H]2CC=C[C@@H](C/C=C\C(=O)O[C@H](C/C=C/[C@@H]3CC(C)=CCO3)C/C=C/[C@@H](O)C1)O2. The fourth-order valence-corrected chi connectivity index (χ4v) is 4.85. The highest BCUT2D eigenvalue weighted by atomic mass is 16.5. The van der Waals surface area contributed by atoms with E-state index in [9.17, 15) is 9.90 Å². The standard InChI is InChI=1S/C30H42O5/c1-22-16-17-33-28(20-22)13-5-11-27-9-4-8-25(31)19-23(2)18-24(3)21-29-14-6-10-26(34-29)12-7-15-30(32)35-27/h4-8,10,13,15-16,24-29,31H,2,9,11-12,14,17-21H2,1,3H3/b8-4+,13-5+,15-7-/t24-,25+,26-,27-,28+,29-/m0/s1. The van der Waals surface area contributed by atoms with Gasteiger partial charge in [0.15, 0.2) is 0 Å². The van der Waals surface area contributed by atoms with E-state index in [4.69, 9.17) is 14.2 Å². The molecule has 0 radical (unpaired) electrons. The topological polar surface area (TPSA) is 65.0 Å². The van der Waals surface area contributed by atoms with E-state index >= 15 is 0 Å². The highest BCUT2D eigenvalue weighted by Crippen LogP contribution is 2.26. The molecule has 0 aromatic rings. The van der Waals surface area contributed by atoms with Crippen LogP contribution >= 0.6 is 0 Å². The third-order valence-corrected chi connectivity index (χ3v) is 6.59. The molecule has 1 N–H and O–H groups in total. The molecule has 35 heavy (non-hydrogen) atoms. The Morgan fingerprint density at radius 2 is 1.94 bits per heavy atom. The Bertz CT molecular complexity index is 849. The summed E-state index contributed by atoms with van der Waals surface area (Å²) >= 11 is 0. The molecule has 0 amide bonds. The predicted molar refractivity (Wildman–Crippen MR) is 140 cm³/mol. The molecule has 3 heterocycles. The van der Waals surface area contributed by atoms with Gasteiger partial charge in [0.05, 0.1) is 31.0 Å². The van der Waals surface area contributed by atoms with Crippen molar-refractivity contribution < 1.29 is 24.1 Å². The van der Waals surface area contributed by atoms with Gasteiger partial charge in [-0.15, -0.1) is 0 Å². The van der Waals surface area contributed by atoms with Crippen LogP contribution in [0.25, 0.3) is 0 Å². The molecule has 5 heteroatoms. The molecule has 2 bridgehead atoms. The summed E-state index contributed by atoms with van der Waals surface area (Å²) < 4.78 is 17.7. The Kier molecular flexibility index (Phi) is 11.2. The highest BCUT2D eigenvalue weighted by Gasteiger charge is 2.21. The zero-order valence-corrected chi connectivity index (χ0v) is 21.3. The Morgan fingerprint density at radius 3 is 2.77 bits per heavy atom. The molecule has 0 saturated heterocycles. The van der Waals surface area contributed by atoms with Gasteiger partial charge in [-0.2, -0.15) is 0 Å². The van der Waals surface area contributed by atoms with E-state index < -0.39 is 6.10 Å². The minimum atomic E-state index is -0.594. The molecule has 0 saturated carbocycles. The zero-order chi connectivity index (χ0) is 25.0. The van der Waals surface area contributed by atoms with Gasteiger partial charge < -0.3 is 19.3 Å². The second kappa shape index (κ2) is 14.4. The van der Waals surface area contributed by atoms with Crippen LogP contribution in [0, 0.1) is 5.92 Å². The van der Waals surface area contributed by atoms with Crippen LogP contribution in [0.4, 0.5) is 0 Å². The van der Waals surface area contributed by atoms with Gasteiger partial charge in [0, 0.05) is 18.9 Å². The molecule has 0 aromatic carbocycles. The summed E-state index contributed by atoms with van der Waals surface area (Å²) in [7, 11) is 0. The number of ether oxygens (including phenoxy) is 3. The largest absolute Gasteiger partial charge is 0.459 e. The molecule has 0 spiro atoms. The predicted octanol–water partition coefficient (Wildman–Crippen LogP) is 5.92. The van der Waals surface area contributed by atoms with Crippen LogP contribution < -0.4 is 0 Å². The summed E-state index contributed by atoms with van der Waals surface area (Å²) in [4.78, 5) is 12.5. The van der Waals surface area contributed by atoms with Crippen molar-refractivity contribution in [3.8, 4) is 0 Å². The van der Waals surface area contributed by atoms with Crippen molar-refractivity contribution in [3.05, 3.63) is 72.4 Å². The van der Waals surface area contributed by atoms with E-state index in [0.29, 0.717) is 38.2 Å². The van der Waals surface area contributed by atoms with Gasteiger partial charge >= 0.3 is 5.97 Å². The average molecular weight is 483 g/mol. The van der Waals surface area contributed by atoms with E-state index in [1.54, 1.807) is 6.08 Å². The molecule has 0 fully saturated rings. The van der Waals surface area contributed by atoms with Crippen molar-refractivity contribution in [2.45, 2.75) is 95.7 Å². The number of hydrogen-bond acceptors (Lipinski definition) is 5. The minimum Gasteiger partial charge on any atom is -0.459 e. The number of esters is 1. The first kappa shape index (κ1) is 27.4. The smallest absolute Gasteiger partial charge is 0.330 e. The maximum Gasteiger partial charge on any atom is 0.330 e. The maximum atomic E-state index is 12.5. The summed E-state index contributed by atoms with van der Waals surface area (Å²) in [6, 6.07) is 0. The van der Waals surface area contributed by atoms with Gasteiger partial charge in [-0.05, 0) is 51.4 Å². The van der Waals surface area contributed by atoms with Crippen LogP contribution in [0.15, 0.2) is 72.4 Å². The number of hydrogen-bond donors (Lipinski definition) is 1. The molecule has 3 rings (SSSR count). The van der Waals surface area contributed by atoms with Crippen molar-refractivity contribution in [1.29, 1.82) is 0 Å². The molecule has 3 aliphatic rings. The fraction of sp³-hybridized carbons (Fsp3) is 0.567. The van der Waals surface area contributed by atoms with Crippen LogP contribution in [0.1, 0.15) is 65.2 Å². The fourth-order valence-electron chi connectivity index (χ4n) is 4.85. The van der Waals surface area contributed by atoms with Gasteiger partial charge in [-0.3, -0.25) is 0 Å². The Hall–Kier alpha value is -2.21. The molecule has 0 aromatic heterocycles. The van der Waals surface area contributed by atoms with Crippen LogP contribution in [-0.4, -0.2) is 48.2 Å². The lowest BCUT2D eigenvalue weighted by Gasteiger charge is -2.28. The van der Waals surface area contributed by atoms with Crippen molar-refractivity contribution >= 4 is 5.97 Å². The van der Waals surface area contributed by atoms with Crippen molar-refractivity contribution in [3.63, 3.8) is 0 Å². The maximum absolute atomic E-state index is 12.5. The van der Waals surface area contributed by atoms with Gasteiger partial charge in [-0.25, -0.2) is 4.79 Å². The number of aliphatic hydroxyl groups excluding tert-OH is 1. The summed E-state index contributed by atoms with van der Waals surface area (Å²) in [5.41, 5.74) is 2.37. The third-order valence-electron chi connectivity index (χ3n) is 6.59. The summed E-state index contributed by atoms with van der Waals surface area (Å²) in [6.07, 6.45) is 22.7. The van der Waals surface area contributed by atoms with E-state index in [1.807, 2.05) is 18.2 Å². The molecule has 0 unspecified atom stereocenters. The van der Waals surface area contributed by atoms with Crippen LogP contribution in [0.2, 0.25) is 0 Å². The summed E-state index contributed by atoms with van der Waals surface area (Å²) in [5, 5.41) is 10.5. The molecule has 0 aliphatic carbocycles. The van der Waals surface area contributed by atoms with Crippen LogP contribution in [0.3, 0.4) is 0 Å². The quantitative estimate of drug-likeness (QED) is 0.399. The van der Waals surface area contributed by atoms with Gasteiger partial charge in [0.1, 0.15) is 6.10 Å². The lowest BCUT2D eigenvalue weighted by molar-refractivity contribution is -0.142. The molecule has 192 valence electrons. The number of cyclic esters (lactones) is 1. The van der Waals surface area contributed by atoms with Gasteiger partial charge in [0.25, 0.3) is 0 Å². The van der Waals surface area contributed by atoms with Crippen molar-refractivity contribution in [1.82, 2.24) is 0 Å². The number of aliphatic hydroxyl groups is 1. The van der Waals surface area contributed by atoms with E-state index in [1.165, 1.54) is 11.6 Å². The van der Waals surface area contributed by atoms with Crippen LogP contribution in [-0.2, 0) is 19.0 Å². The average Bonchev–Trinajstić information content (AvgIpc) is 2.78. The number of fused-ring (bicyclic) bond motifs is 2. The molecule has 5 nitrogen and oxygen atoms in total. The van der Waals surface area contributed by atoms with E-state index in [0.717, 1.165) is 31.3 Å². The molecule has 6 atom stereocenters. The lowest BCUT2D eigenvalue weighted by Crippen LogP contribution is -2.25. The summed E-state index contributed by atoms with van der Waals surface area (Å²) in [5.74, 6) is 0.0771. The monoisotopic (exact) mass is 482 g/mol. The first-order chi connectivity index (χ1) is 16.9. The summed E-state index contributed by atoms with van der Waals surface area (Å²) in [6.45, 7) is 9.15. The van der Waals surface area contributed by atoms with E-state index in [2.05, 4.69) is 44.7 Å². The Labute approximate surface area is 210 Å². The molecule has 3 aliphatic heterocycles. The Morgan fingerprint density at radius 1 is 1.11 bits per heavy atom. The van der Waals surface area contributed by atoms with E-state index in [-0.39, 0.29) is 30.4 Å². The lowest BCUT2D eigenvalue weighted by atomic mass is 9.91. The normalized spacial score (nSPS) is 35.6. The first-order valence-corrected chi connectivity index (χ1v) is 13.0. The number of rotatable bonds is 3. The molecular formula is C30H42O5. The van der Waals surface area contributed by atoms with Gasteiger partial charge in [-0.1, -0.05) is 73.3 Å². The second-order valence-corrected chi connectivity index (χ2v) is 10.2. The zero-order valence-electron chi connectivity index (χ0n) is 21.3. The molecular weight excluding hydrogens is 440 g/mol. The Balaban J connectivity index is 1.65. The highest BCUT2D eigenvalue weighted by molar-refractivity contribution is 5.82.